The van der Waals surface area contributed by atoms with Crippen molar-refractivity contribution in [1.29, 1.82) is 0 Å². The van der Waals surface area contributed by atoms with Gasteiger partial charge in [0.15, 0.2) is 0 Å². The summed E-state index contributed by atoms with van der Waals surface area (Å²) in [6.45, 7) is 5.13. The number of hydrogen-bond acceptors (Lipinski definition) is 4. The van der Waals surface area contributed by atoms with E-state index in [2.05, 4.69) is 16.0 Å². The lowest BCUT2D eigenvalue weighted by Crippen LogP contribution is -2.52. The van der Waals surface area contributed by atoms with Crippen molar-refractivity contribution in [3.8, 4) is 0 Å². The first-order valence-corrected chi connectivity index (χ1v) is 10.6. The predicted molar refractivity (Wildman–Crippen MR) is 108 cm³/mol. The number of carbonyl (C=O) groups is 3. The van der Waals surface area contributed by atoms with Crippen LogP contribution in [0.25, 0.3) is 0 Å². The van der Waals surface area contributed by atoms with E-state index < -0.39 is 0 Å². The van der Waals surface area contributed by atoms with Crippen molar-refractivity contribution in [1.82, 2.24) is 20.9 Å². The third-order valence-corrected chi connectivity index (χ3v) is 5.70. The van der Waals surface area contributed by atoms with Gasteiger partial charge >= 0.3 is 6.03 Å². The molecule has 1 aliphatic heterocycles. The minimum absolute atomic E-state index is 0.0226. The molecular formula is C21H32N4O4. The normalized spacial score (nSPS) is 22.9. The fourth-order valence-electron chi connectivity index (χ4n) is 4.17. The molecule has 1 saturated heterocycles. The molecule has 3 rings (SSSR count). The van der Waals surface area contributed by atoms with Gasteiger partial charge in [0, 0.05) is 37.1 Å². The fraction of sp³-hybridized carbons (Fsp3) is 0.667. The van der Waals surface area contributed by atoms with Crippen LogP contribution in [0.15, 0.2) is 23.0 Å². The van der Waals surface area contributed by atoms with Gasteiger partial charge in [0.25, 0.3) is 5.91 Å². The topological polar surface area (TPSA) is 104 Å². The van der Waals surface area contributed by atoms with Gasteiger partial charge in [-0.3, -0.25) is 9.59 Å². The van der Waals surface area contributed by atoms with Gasteiger partial charge in [-0.15, -0.1) is 0 Å². The number of nitrogens with one attached hydrogen (secondary N) is 3. The maximum absolute atomic E-state index is 12.4. The lowest BCUT2D eigenvalue weighted by molar-refractivity contribution is -0.126. The van der Waals surface area contributed by atoms with Crippen molar-refractivity contribution in [2.45, 2.75) is 70.5 Å². The molecule has 2 atom stereocenters. The molecule has 0 spiro atoms. The van der Waals surface area contributed by atoms with E-state index in [-0.39, 0.29) is 41.9 Å². The number of likely N-dealkylation sites (tertiary alicyclic amines) is 1. The minimum Gasteiger partial charge on any atom is -0.472 e. The van der Waals surface area contributed by atoms with Crippen molar-refractivity contribution >= 4 is 17.8 Å². The molecule has 4 amide bonds. The van der Waals surface area contributed by atoms with Gasteiger partial charge in [0.05, 0.1) is 11.8 Å². The summed E-state index contributed by atoms with van der Waals surface area (Å²) in [5.41, 5.74) is 0.558. The Morgan fingerprint density at radius 1 is 1.07 bits per heavy atom. The summed E-state index contributed by atoms with van der Waals surface area (Å²) in [6, 6.07) is 1.69. The first-order chi connectivity index (χ1) is 13.9. The van der Waals surface area contributed by atoms with Crippen molar-refractivity contribution in [2.75, 3.05) is 13.1 Å². The molecule has 1 aromatic heterocycles. The van der Waals surface area contributed by atoms with Crippen LogP contribution in [0.4, 0.5) is 4.79 Å². The van der Waals surface area contributed by atoms with Gasteiger partial charge in [-0.25, -0.2) is 4.79 Å². The van der Waals surface area contributed by atoms with E-state index in [1.807, 2.05) is 13.8 Å². The molecule has 2 fully saturated rings. The Balaban J connectivity index is 1.40. The predicted octanol–water partition coefficient (Wildman–Crippen LogP) is 2.27. The molecule has 1 aliphatic carbocycles. The summed E-state index contributed by atoms with van der Waals surface area (Å²) in [5.74, 6) is 0.0183. The highest BCUT2D eigenvalue weighted by molar-refractivity contribution is 5.93. The highest BCUT2D eigenvalue weighted by Crippen LogP contribution is 2.24. The van der Waals surface area contributed by atoms with Gasteiger partial charge in [-0.05, 0) is 52.0 Å². The molecule has 0 bridgehead atoms. The number of furan rings is 1. The largest absolute Gasteiger partial charge is 0.472 e. The number of piperidine rings is 1. The van der Waals surface area contributed by atoms with Crippen molar-refractivity contribution in [3.05, 3.63) is 24.2 Å². The van der Waals surface area contributed by atoms with Gasteiger partial charge in [0.2, 0.25) is 5.91 Å². The smallest absolute Gasteiger partial charge is 0.315 e. The number of urea groups is 1. The average Bonchev–Trinajstić information content (AvgIpc) is 3.22. The number of amides is 4. The number of rotatable bonds is 5. The second-order valence-corrected chi connectivity index (χ2v) is 8.42. The Morgan fingerprint density at radius 2 is 1.79 bits per heavy atom. The second kappa shape index (κ2) is 9.80. The SMILES string of the molecule is CC(C)NC(=O)C1CCCC(NC(=O)NC2CCN(C(=O)c3ccoc3)CC2)C1. The summed E-state index contributed by atoms with van der Waals surface area (Å²) in [5, 5.41) is 9.04. The first kappa shape index (κ1) is 21.2. The molecular weight excluding hydrogens is 372 g/mol. The summed E-state index contributed by atoms with van der Waals surface area (Å²) >= 11 is 0. The Labute approximate surface area is 171 Å². The number of nitrogens with zero attached hydrogens (tertiary/aromatic N) is 1. The zero-order valence-corrected chi connectivity index (χ0v) is 17.3. The lowest BCUT2D eigenvalue weighted by atomic mass is 9.85. The zero-order valence-electron chi connectivity index (χ0n) is 17.3. The summed E-state index contributed by atoms with van der Waals surface area (Å²) in [4.78, 5) is 38.8. The average molecular weight is 405 g/mol. The first-order valence-electron chi connectivity index (χ1n) is 10.6. The maximum atomic E-state index is 12.4. The molecule has 3 N–H and O–H groups in total. The molecule has 1 saturated carbocycles. The highest BCUT2D eigenvalue weighted by Gasteiger charge is 2.29. The Morgan fingerprint density at radius 3 is 2.45 bits per heavy atom. The molecule has 29 heavy (non-hydrogen) atoms. The van der Waals surface area contributed by atoms with Crippen LogP contribution in [0.2, 0.25) is 0 Å². The Bertz CT molecular complexity index is 696. The number of carbonyl (C=O) groups excluding carboxylic acids is 3. The molecule has 2 aliphatic rings. The van der Waals surface area contributed by atoms with Crippen molar-refractivity contribution in [3.63, 3.8) is 0 Å². The maximum Gasteiger partial charge on any atom is 0.315 e. The molecule has 2 unspecified atom stereocenters. The van der Waals surface area contributed by atoms with Crippen LogP contribution in [0.3, 0.4) is 0 Å². The summed E-state index contributed by atoms with van der Waals surface area (Å²) in [7, 11) is 0. The van der Waals surface area contributed by atoms with Crippen molar-refractivity contribution < 1.29 is 18.8 Å². The van der Waals surface area contributed by atoms with E-state index in [1.54, 1.807) is 11.0 Å². The Kier molecular flexibility index (Phi) is 7.17. The van der Waals surface area contributed by atoms with Gasteiger partial charge in [0.1, 0.15) is 6.26 Å². The molecule has 1 aromatic rings. The third kappa shape index (κ3) is 5.98. The fourth-order valence-corrected chi connectivity index (χ4v) is 4.17. The van der Waals surface area contributed by atoms with E-state index in [9.17, 15) is 14.4 Å². The van der Waals surface area contributed by atoms with Crippen LogP contribution in [0.5, 0.6) is 0 Å². The Hall–Kier alpha value is -2.51. The summed E-state index contributed by atoms with van der Waals surface area (Å²) in [6.07, 6.45) is 7.80. The van der Waals surface area contributed by atoms with E-state index >= 15 is 0 Å². The summed E-state index contributed by atoms with van der Waals surface area (Å²) < 4.78 is 4.98. The van der Waals surface area contributed by atoms with Gasteiger partial charge in [-0.1, -0.05) is 6.42 Å². The van der Waals surface area contributed by atoms with E-state index in [4.69, 9.17) is 4.42 Å². The third-order valence-electron chi connectivity index (χ3n) is 5.70. The van der Waals surface area contributed by atoms with Crippen LogP contribution >= 0.6 is 0 Å². The lowest BCUT2D eigenvalue weighted by Gasteiger charge is -2.33. The van der Waals surface area contributed by atoms with Crippen LogP contribution in [0.1, 0.15) is 62.7 Å². The molecule has 0 aromatic carbocycles. The highest BCUT2D eigenvalue weighted by atomic mass is 16.3. The van der Waals surface area contributed by atoms with Crippen LogP contribution < -0.4 is 16.0 Å². The van der Waals surface area contributed by atoms with Gasteiger partial charge in [-0.2, -0.15) is 0 Å². The minimum atomic E-state index is -0.181. The van der Waals surface area contributed by atoms with Gasteiger partial charge < -0.3 is 25.3 Å². The standard InChI is InChI=1S/C21H32N4O4/c1-14(2)22-19(26)15-4-3-5-18(12-15)24-21(28)23-17-6-9-25(10-7-17)20(27)16-8-11-29-13-16/h8,11,13-15,17-18H,3-7,9-10,12H2,1-2H3,(H,22,26)(H2,23,24,28). The van der Waals surface area contributed by atoms with E-state index in [1.165, 1.54) is 12.5 Å². The second-order valence-electron chi connectivity index (χ2n) is 8.42. The molecule has 160 valence electrons. The van der Waals surface area contributed by atoms with E-state index in [0.717, 1.165) is 32.1 Å². The molecule has 2 heterocycles. The zero-order chi connectivity index (χ0) is 20.8. The monoisotopic (exact) mass is 404 g/mol. The molecule has 8 heteroatoms. The molecule has 8 nitrogen and oxygen atoms in total. The van der Waals surface area contributed by atoms with Crippen LogP contribution in [0, 0.1) is 5.92 Å². The quantitative estimate of drug-likeness (QED) is 0.700. The van der Waals surface area contributed by atoms with Crippen molar-refractivity contribution in [2.24, 2.45) is 5.92 Å². The number of hydrogen-bond donors (Lipinski definition) is 3. The van der Waals surface area contributed by atoms with Crippen LogP contribution in [-0.2, 0) is 4.79 Å². The molecule has 0 radical (unpaired) electrons. The van der Waals surface area contributed by atoms with Crippen LogP contribution in [-0.4, -0.2) is 54.0 Å². The van der Waals surface area contributed by atoms with E-state index in [0.29, 0.717) is 25.1 Å².